The standard InChI is InChI=1S/C6H13BO2/c1-6(3-7,4-8)5-9-2/h8H,3-5H2,1-2H3. The molecule has 0 saturated heterocycles. The highest BCUT2D eigenvalue weighted by Gasteiger charge is 2.19. The first-order valence-corrected chi connectivity index (χ1v) is 2.98. The van der Waals surface area contributed by atoms with Crippen LogP contribution < -0.4 is 0 Å². The van der Waals surface area contributed by atoms with Crippen LogP contribution in [0.25, 0.3) is 0 Å². The second-order valence-electron chi connectivity index (χ2n) is 2.61. The molecule has 0 spiro atoms. The van der Waals surface area contributed by atoms with Crippen molar-refractivity contribution in [3.05, 3.63) is 0 Å². The van der Waals surface area contributed by atoms with E-state index in [4.69, 9.17) is 17.7 Å². The molecule has 0 aromatic carbocycles. The molecular formula is C6H13BO2. The van der Waals surface area contributed by atoms with E-state index in [9.17, 15) is 0 Å². The van der Waals surface area contributed by atoms with Crippen molar-refractivity contribution in [1.82, 2.24) is 0 Å². The van der Waals surface area contributed by atoms with E-state index in [2.05, 4.69) is 0 Å². The van der Waals surface area contributed by atoms with Gasteiger partial charge in [0.05, 0.1) is 14.5 Å². The Bertz CT molecular complexity index is 71.5. The molecule has 0 aromatic rings. The van der Waals surface area contributed by atoms with Gasteiger partial charge in [-0.25, -0.2) is 0 Å². The third-order valence-corrected chi connectivity index (χ3v) is 1.37. The molecule has 0 aliphatic heterocycles. The highest BCUT2D eigenvalue weighted by Crippen LogP contribution is 2.18. The predicted octanol–water partition coefficient (Wildman–Crippen LogP) is 0.218. The highest BCUT2D eigenvalue weighted by atomic mass is 16.5. The number of rotatable bonds is 4. The zero-order chi connectivity index (χ0) is 7.33. The minimum absolute atomic E-state index is 0.0807. The molecule has 0 fully saturated rings. The Labute approximate surface area is 57.6 Å². The number of ether oxygens (including phenoxy) is 1. The van der Waals surface area contributed by atoms with E-state index in [1.807, 2.05) is 6.92 Å². The van der Waals surface area contributed by atoms with Gasteiger partial charge in [0, 0.05) is 19.1 Å². The summed E-state index contributed by atoms with van der Waals surface area (Å²) in [7, 11) is 6.96. The first-order valence-electron chi connectivity index (χ1n) is 2.98. The molecule has 0 amide bonds. The molecule has 0 aliphatic rings. The number of methoxy groups -OCH3 is 1. The van der Waals surface area contributed by atoms with Crippen LogP contribution in [0.5, 0.6) is 0 Å². The van der Waals surface area contributed by atoms with Gasteiger partial charge in [0.2, 0.25) is 0 Å². The van der Waals surface area contributed by atoms with Crippen molar-refractivity contribution < 1.29 is 9.84 Å². The van der Waals surface area contributed by atoms with E-state index in [1.54, 1.807) is 7.11 Å². The molecule has 1 atom stereocenters. The molecule has 0 aliphatic carbocycles. The topological polar surface area (TPSA) is 29.5 Å². The molecule has 2 radical (unpaired) electrons. The maximum Gasteiger partial charge on any atom is 0.0662 e. The number of hydrogen-bond acceptors (Lipinski definition) is 2. The minimum atomic E-state index is -0.255. The van der Waals surface area contributed by atoms with Gasteiger partial charge in [-0.2, -0.15) is 0 Å². The van der Waals surface area contributed by atoms with Crippen LogP contribution in [0.15, 0.2) is 0 Å². The Kier molecular flexibility index (Phi) is 3.90. The fourth-order valence-electron chi connectivity index (χ4n) is 0.518. The smallest absolute Gasteiger partial charge is 0.0662 e. The molecule has 52 valence electrons. The zero-order valence-electron chi connectivity index (χ0n) is 6.05. The van der Waals surface area contributed by atoms with Crippen LogP contribution in [-0.4, -0.2) is 33.3 Å². The summed E-state index contributed by atoms with van der Waals surface area (Å²) in [5.41, 5.74) is -0.255. The van der Waals surface area contributed by atoms with Gasteiger partial charge in [-0.1, -0.05) is 13.2 Å². The Hall–Kier alpha value is -0.0151. The SMILES string of the molecule is [B]CC(C)(CO)COC. The van der Waals surface area contributed by atoms with Crippen LogP contribution in [0.3, 0.4) is 0 Å². The zero-order valence-corrected chi connectivity index (χ0v) is 6.05. The molecule has 0 heterocycles. The predicted molar refractivity (Wildman–Crippen MR) is 37.6 cm³/mol. The van der Waals surface area contributed by atoms with Crippen LogP contribution in [0, 0.1) is 5.41 Å². The molecule has 0 aromatic heterocycles. The van der Waals surface area contributed by atoms with E-state index in [0.717, 1.165) is 0 Å². The van der Waals surface area contributed by atoms with E-state index in [1.165, 1.54) is 0 Å². The fourth-order valence-corrected chi connectivity index (χ4v) is 0.518. The summed E-state index contributed by atoms with van der Waals surface area (Å²) >= 11 is 0. The van der Waals surface area contributed by atoms with Crippen molar-refractivity contribution in [3.8, 4) is 0 Å². The van der Waals surface area contributed by atoms with Crippen LogP contribution in [0.4, 0.5) is 0 Å². The van der Waals surface area contributed by atoms with Gasteiger partial charge in [-0.15, -0.1) is 0 Å². The first kappa shape index (κ1) is 8.98. The Morgan fingerprint density at radius 2 is 2.22 bits per heavy atom. The second-order valence-corrected chi connectivity index (χ2v) is 2.61. The molecule has 9 heavy (non-hydrogen) atoms. The lowest BCUT2D eigenvalue weighted by molar-refractivity contribution is 0.0561. The molecule has 1 N–H and O–H groups in total. The van der Waals surface area contributed by atoms with Gasteiger partial charge in [0.1, 0.15) is 0 Å². The van der Waals surface area contributed by atoms with Crippen molar-refractivity contribution in [1.29, 1.82) is 0 Å². The van der Waals surface area contributed by atoms with Gasteiger partial charge in [-0.3, -0.25) is 0 Å². The van der Waals surface area contributed by atoms with E-state index in [-0.39, 0.29) is 12.0 Å². The van der Waals surface area contributed by atoms with Crippen molar-refractivity contribution in [2.45, 2.75) is 13.2 Å². The molecular weight excluding hydrogens is 115 g/mol. The van der Waals surface area contributed by atoms with Gasteiger partial charge in [0.25, 0.3) is 0 Å². The van der Waals surface area contributed by atoms with Crippen molar-refractivity contribution in [2.24, 2.45) is 5.41 Å². The van der Waals surface area contributed by atoms with Gasteiger partial charge >= 0.3 is 0 Å². The second kappa shape index (κ2) is 3.91. The largest absolute Gasteiger partial charge is 0.396 e. The third kappa shape index (κ3) is 2.87. The third-order valence-electron chi connectivity index (χ3n) is 1.37. The van der Waals surface area contributed by atoms with Crippen LogP contribution in [0.2, 0.25) is 6.32 Å². The van der Waals surface area contributed by atoms with E-state index < -0.39 is 0 Å². The fraction of sp³-hybridized carbons (Fsp3) is 1.00. The molecule has 0 saturated carbocycles. The molecule has 0 rings (SSSR count). The summed E-state index contributed by atoms with van der Waals surface area (Å²) in [5, 5.41) is 8.76. The Balaban J connectivity index is 3.62. The van der Waals surface area contributed by atoms with Crippen LogP contribution in [-0.2, 0) is 4.74 Å². The maximum absolute atomic E-state index is 8.76. The Morgan fingerprint density at radius 1 is 1.67 bits per heavy atom. The maximum atomic E-state index is 8.76. The molecule has 2 nitrogen and oxygen atoms in total. The number of aliphatic hydroxyl groups is 1. The minimum Gasteiger partial charge on any atom is -0.396 e. The lowest BCUT2D eigenvalue weighted by Gasteiger charge is -2.24. The van der Waals surface area contributed by atoms with E-state index >= 15 is 0 Å². The van der Waals surface area contributed by atoms with Crippen molar-refractivity contribution in [3.63, 3.8) is 0 Å². The van der Waals surface area contributed by atoms with Crippen LogP contribution in [0.1, 0.15) is 6.92 Å². The van der Waals surface area contributed by atoms with Crippen LogP contribution >= 0.6 is 0 Å². The lowest BCUT2D eigenvalue weighted by Crippen LogP contribution is -2.26. The normalized spacial score (nSPS) is 17.2. The average Bonchev–Trinajstić information content (AvgIpc) is 1.89. The first-order chi connectivity index (χ1) is 4.18. The Morgan fingerprint density at radius 3 is 2.33 bits per heavy atom. The monoisotopic (exact) mass is 128 g/mol. The van der Waals surface area contributed by atoms with Crippen molar-refractivity contribution in [2.75, 3.05) is 20.3 Å². The highest BCUT2D eigenvalue weighted by molar-refractivity contribution is 6.09. The lowest BCUT2D eigenvalue weighted by atomic mass is 9.79. The quantitative estimate of drug-likeness (QED) is 0.548. The van der Waals surface area contributed by atoms with Gasteiger partial charge in [-0.05, 0) is 0 Å². The van der Waals surface area contributed by atoms with E-state index in [0.29, 0.717) is 12.9 Å². The molecule has 3 heteroatoms. The summed E-state index contributed by atoms with van der Waals surface area (Å²) in [5.74, 6) is 0. The number of hydrogen-bond donors (Lipinski definition) is 1. The summed E-state index contributed by atoms with van der Waals surface area (Å²) in [6.45, 7) is 2.48. The molecule has 1 unspecified atom stereocenters. The van der Waals surface area contributed by atoms with Gasteiger partial charge < -0.3 is 9.84 Å². The summed E-state index contributed by atoms with van der Waals surface area (Å²) in [6.07, 6.45) is 0.456. The van der Waals surface area contributed by atoms with Crippen molar-refractivity contribution >= 4 is 7.85 Å². The summed E-state index contributed by atoms with van der Waals surface area (Å²) < 4.78 is 4.85. The van der Waals surface area contributed by atoms with Gasteiger partial charge in [0.15, 0.2) is 0 Å². The average molecular weight is 128 g/mol. The summed E-state index contributed by atoms with van der Waals surface area (Å²) in [6, 6.07) is 0. The number of aliphatic hydroxyl groups excluding tert-OH is 1. The molecule has 0 bridgehead atoms. The summed E-state index contributed by atoms with van der Waals surface area (Å²) in [4.78, 5) is 0.